The monoisotopic (exact) mass is 279 g/mol. The highest BCUT2D eigenvalue weighted by Gasteiger charge is 2.14. The molecule has 1 aromatic heterocycles. The fourth-order valence-corrected chi connectivity index (χ4v) is 2.40. The number of nitrogens with one attached hydrogen (secondary N) is 1. The van der Waals surface area contributed by atoms with Gasteiger partial charge in [-0.25, -0.2) is 4.68 Å². The second kappa shape index (κ2) is 6.22. The van der Waals surface area contributed by atoms with Crippen molar-refractivity contribution in [2.24, 2.45) is 0 Å². The van der Waals surface area contributed by atoms with Gasteiger partial charge in [-0.2, -0.15) is 0 Å². The highest BCUT2D eigenvalue weighted by Crippen LogP contribution is 2.10. The molecule has 0 aliphatic carbocycles. The van der Waals surface area contributed by atoms with Crippen molar-refractivity contribution in [3.63, 3.8) is 0 Å². The van der Waals surface area contributed by atoms with E-state index in [1.807, 2.05) is 36.4 Å². The Morgan fingerprint density at radius 3 is 2.33 bits per heavy atom. The van der Waals surface area contributed by atoms with Crippen molar-refractivity contribution in [2.45, 2.75) is 19.4 Å². The topological polar surface area (TPSA) is 55.0 Å². The smallest absolute Gasteiger partial charge is 0.273 e. The van der Waals surface area contributed by atoms with E-state index in [-0.39, 0.29) is 5.55 Å². The second-order valence-electron chi connectivity index (χ2n) is 4.93. The van der Waals surface area contributed by atoms with Crippen LogP contribution in [0.5, 0.6) is 0 Å². The van der Waals surface area contributed by atoms with E-state index >= 15 is 0 Å². The van der Waals surface area contributed by atoms with Gasteiger partial charge in [-0.3, -0.25) is 10.7 Å². The number of nitrogens with zero attached hydrogens (tertiary/aromatic N) is 2. The minimum atomic E-state index is 0.112. The average molecular weight is 279 g/mol. The maximum Gasteiger partial charge on any atom is 0.273 e. The molecule has 0 saturated carbocycles. The minimum absolute atomic E-state index is 0.112. The molecule has 3 rings (SSSR count). The molecule has 0 aliphatic rings. The van der Waals surface area contributed by atoms with Crippen LogP contribution in [0.3, 0.4) is 0 Å². The Kier molecular flexibility index (Phi) is 3.96. The standard InChI is InChI=1S/C17H17N3O/c18-17-16(15-11-5-2-6-12-15)20(19-21-17)13-7-10-14-8-3-1-4-9-14/h1-6,8-9,11-12,18H,7,10,13H2. The van der Waals surface area contributed by atoms with Gasteiger partial charge in [0.05, 0.1) is 5.56 Å². The van der Waals surface area contributed by atoms with Crippen LogP contribution in [0.4, 0.5) is 0 Å². The van der Waals surface area contributed by atoms with Crippen molar-refractivity contribution in [3.05, 3.63) is 71.8 Å². The largest absolute Gasteiger partial charge is 0.486 e. The van der Waals surface area contributed by atoms with Crippen LogP contribution in [0.15, 0.2) is 65.2 Å². The SMILES string of the molecule is N=c1o[n-][n+](CCCc2ccccc2)c1-c1ccccc1. The summed E-state index contributed by atoms with van der Waals surface area (Å²) >= 11 is 0. The van der Waals surface area contributed by atoms with Crippen LogP contribution in [-0.2, 0) is 13.0 Å². The minimum Gasteiger partial charge on any atom is -0.486 e. The lowest BCUT2D eigenvalue weighted by atomic mass is 10.1. The molecule has 3 aromatic rings. The third kappa shape index (κ3) is 3.11. The molecule has 0 amide bonds. The summed E-state index contributed by atoms with van der Waals surface area (Å²) in [5.74, 6) is 0. The van der Waals surface area contributed by atoms with Gasteiger partial charge in [0.15, 0.2) is 0 Å². The molecule has 4 heteroatoms. The lowest BCUT2D eigenvalue weighted by molar-refractivity contribution is -0.758. The van der Waals surface area contributed by atoms with Gasteiger partial charge in [-0.05, 0) is 24.1 Å². The molecule has 0 radical (unpaired) electrons. The van der Waals surface area contributed by atoms with Gasteiger partial charge in [0, 0.05) is 6.42 Å². The number of aryl methyl sites for hydroxylation is 2. The number of aromatic nitrogens is 2. The molecule has 0 atom stereocenters. The van der Waals surface area contributed by atoms with E-state index < -0.39 is 0 Å². The van der Waals surface area contributed by atoms with Gasteiger partial charge < -0.3 is 4.52 Å². The summed E-state index contributed by atoms with van der Waals surface area (Å²) in [5, 5.41) is 11.9. The number of hydrogen-bond acceptors (Lipinski definition) is 2. The summed E-state index contributed by atoms with van der Waals surface area (Å²) < 4.78 is 6.81. The molecule has 106 valence electrons. The first-order chi connectivity index (χ1) is 10.3. The van der Waals surface area contributed by atoms with Crippen molar-refractivity contribution >= 4 is 0 Å². The van der Waals surface area contributed by atoms with E-state index in [2.05, 4.69) is 29.5 Å². The fraction of sp³-hybridized carbons (Fsp3) is 0.176. The summed E-state index contributed by atoms with van der Waals surface area (Å²) in [4.78, 5) is 0. The van der Waals surface area contributed by atoms with Crippen LogP contribution in [0.1, 0.15) is 12.0 Å². The van der Waals surface area contributed by atoms with Crippen LogP contribution in [0, 0.1) is 5.41 Å². The maximum absolute atomic E-state index is 7.88. The Labute approximate surface area is 123 Å². The normalized spacial score (nSPS) is 10.7. The van der Waals surface area contributed by atoms with Crippen molar-refractivity contribution < 1.29 is 9.20 Å². The van der Waals surface area contributed by atoms with Gasteiger partial charge >= 0.3 is 0 Å². The molecule has 4 nitrogen and oxygen atoms in total. The first-order valence-electron chi connectivity index (χ1n) is 7.05. The Bertz CT molecular complexity index is 744. The van der Waals surface area contributed by atoms with Crippen molar-refractivity contribution in [3.8, 4) is 11.3 Å². The molecule has 0 unspecified atom stereocenters. The first-order valence-corrected chi connectivity index (χ1v) is 7.05. The predicted molar refractivity (Wildman–Crippen MR) is 78.3 cm³/mol. The van der Waals surface area contributed by atoms with E-state index in [9.17, 15) is 0 Å². The van der Waals surface area contributed by atoms with Gasteiger partial charge in [0.1, 0.15) is 6.54 Å². The van der Waals surface area contributed by atoms with Crippen LogP contribution in [0.25, 0.3) is 11.3 Å². The van der Waals surface area contributed by atoms with Crippen molar-refractivity contribution in [1.82, 2.24) is 5.27 Å². The number of rotatable bonds is 5. The van der Waals surface area contributed by atoms with Crippen molar-refractivity contribution in [1.29, 1.82) is 5.41 Å². The van der Waals surface area contributed by atoms with Crippen LogP contribution in [-0.4, -0.2) is 0 Å². The Morgan fingerprint density at radius 2 is 1.62 bits per heavy atom. The molecule has 0 saturated heterocycles. The highest BCUT2D eigenvalue weighted by atomic mass is 16.5. The predicted octanol–water partition coefficient (Wildman–Crippen LogP) is 2.30. The Morgan fingerprint density at radius 1 is 0.952 bits per heavy atom. The summed E-state index contributed by atoms with van der Waals surface area (Å²) in [7, 11) is 0. The van der Waals surface area contributed by atoms with Gasteiger partial charge in [0.25, 0.3) is 11.2 Å². The summed E-state index contributed by atoms with van der Waals surface area (Å²) in [6, 6.07) is 20.2. The molecule has 1 heterocycles. The Balaban J connectivity index is 1.74. The van der Waals surface area contributed by atoms with Crippen LogP contribution >= 0.6 is 0 Å². The van der Waals surface area contributed by atoms with E-state index in [0.29, 0.717) is 0 Å². The summed E-state index contributed by atoms with van der Waals surface area (Å²) in [5.41, 5.74) is 3.13. The molecule has 0 fully saturated rings. The second-order valence-corrected chi connectivity index (χ2v) is 4.93. The third-order valence-electron chi connectivity index (χ3n) is 3.43. The van der Waals surface area contributed by atoms with Crippen LogP contribution in [0.2, 0.25) is 0 Å². The maximum atomic E-state index is 7.88. The van der Waals surface area contributed by atoms with E-state index in [1.54, 1.807) is 4.68 Å². The summed E-state index contributed by atoms with van der Waals surface area (Å²) in [6.45, 7) is 0.738. The molecule has 0 spiro atoms. The van der Waals surface area contributed by atoms with Crippen molar-refractivity contribution in [2.75, 3.05) is 0 Å². The zero-order valence-electron chi connectivity index (χ0n) is 11.7. The molecule has 0 aliphatic heterocycles. The van der Waals surface area contributed by atoms with E-state index in [4.69, 9.17) is 9.93 Å². The lowest BCUT2D eigenvalue weighted by Crippen LogP contribution is -2.40. The molecule has 1 N–H and O–H groups in total. The average Bonchev–Trinajstić information content (AvgIpc) is 2.90. The van der Waals surface area contributed by atoms with Gasteiger partial charge in [-0.1, -0.05) is 48.5 Å². The first kappa shape index (κ1) is 13.4. The van der Waals surface area contributed by atoms with Gasteiger partial charge in [0.2, 0.25) is 0 Å². The quantitative estimate of drug-likeness (QED) is 0.729. The highest BCUT2D eigenvalue weighted by molar-refractivity contribution is 5.53. The third-order valence-corrected chi connectivity index (χ3v) is 3.43. The lowest BCUT2D eigenvalue weighted by Gasteiger charge is -2.03. The van der Waals surface area contributed by atoms with E-state index in [0.717, 1.165) is 30.6 Å². The van der Waals surface area contributed by atoms with E-state index in [1.165, 1.54) is 5.56 Å². The molecule has 0 bridgehead atoms. The number of hydrogen-bond donors (Lipinski definition) is 1. The molecule has 21 heavy (non-hydrogen) atoms. The zero-order chi connectivity index (χ0) is 14.5. The molecular formula is C17H17N3O. The van der Waals surface area contributed by atoms with Crippen LogP contribution < -0.4 is 15.5 Å². The Hall–Kier alpha value is -2.62. The zero-order valence-corrected chi connectivity index (χ0v) is 11.7. The van der Waals surface area contributed by atoms with Gasteiger partial charge in [-0.15, -0.1) is 0 Å². The molecule has 2 aromatic carbocycles. The molecular weight excluding hydrogens is 262 g/mol. The summed E-state index contributed by atoms with van der Waals surface area (Å²) in [6.07, 6.45) is 1.95. The fourth-order valence-electron chi connectivity index (χ4n) is 2.40. The number of benzene rings is 2.